The monoisotopic (exact) mass is 317 g/mol. The Labute approximate surface area is 136 Å². The average molecular weight is 317 g/mol. The summed E-state index contributed by atoms with van der Waals surface area (Å²) in [5.41, 5.74) is 0.256. The number of piperidine rings is 1. The molecule has 1 saturated heterocycles. The summed E-state index contributed by atoms with van der Waals surface area (Å²) in [5, 5.41) is 9.39. The lowest BCUT2D eigenvalue weighted by atomic mass is 9.78. The van der Waals surface area contributed by atoms with Crippen LogP contribution in [0.1, 0.15) is 48.9 Å². The van der Waals surface area contributed by atoms with Crippen LogP contribution in [0.25, 0.3) is 0 Å². The van der Waals surface area contributed by atoms with Gasteiger partial charge in [0.1, 0.15) is 5.75 Å². The Kier molecular flexibility index (Phi) is 4.84. The molecule has 5 heteroatoms. The molecule has 1 amide bonds. The van der Waals surface area contributed by atoms with Crippen molar-refractivity contribution < 1.29 is 19.4 Å². The molecule has 0 spiro atoms. The number of ether oxygens (including phenoxy) is 1. The average Bonchev–Trinajstić information content (AvgIpc) is 2.59. The van der Waals surface area contributed by atoms with Crippen molar-refractivity contribution in [3.05, 3.63) is 29.8 Å². The summed E-state index contributed by atoms with van der Waals surface area (Å²) in [6, 6.07) is 6.28. The summed E-state index contributed by atoms with van der Waals surface area (Å²) in [6.45, 7) is 0.543. The zero-order chi connectivity index (χ0) is 16.2. The fourth-order valence-electron chi connectivity index (χ4n) is 3.86. The van der Waals surface area contributed by atoms with Crippen molar-refractivity contribution in [2.75, 3.05) is 13.2 Å². The van der Waals surface area contributed by atoms with Crippen LogP contribution in [0.15, 0.2) is 24.3 Å². The number of aromatic hydroxyl groups is 1. The van der Waals surface area contributed by atoms with Crippen molar-refractivity contribution in [2.24, 2.45) is 5.92 Å². The number of benzene rings is 1. The molecule has 5 nitrogen and oxygen atoms in total. The third kappa shape index (κ3) is 3.66. The van der Waals surface area contributed by atoms with E-state index in [1.807, 2.05) is 4.90 Å². The number of amides is 1. The lowest BCUT2D eigenvalue weighted by Crippen LogP contribution is -2.50. The smallest absolute Gasteiger partial charge is 0.338 e. The Bertz CT molecular complexity index is 584. The van der Waals surface area contributed by atoms with E-state index in [-0.39, 0.29) is 23.8 Å². The fraction of sp³-hybridized carbons (Fsp3) is 0.556. The molecule has 1 aliphatic heterocycles. The highest BCUT2D eigenvalue weighted by Gasteiger charge is 2.35. The van der Waals surface area contributed by atoms with Gasteiger partial charge in [-0.1, -0.05) is 18.9 Å². The first kappa shape index (κ1) is 15.8. The number of carbonyl (C=O) groups is 2. The van der Waals surface area contributed by atoms with Crippen molar-refractivity contribution in [1.82, 2.24) is 4.90 Å². The van der Waals surface area contributed by atoms with Gasteiger partial charge in [-0.25, -0.2) is 4.79 Å². The molecule has 3 rings (SSSR count). The summed E-state index contributed by atoms with van der Waals surface area (Å²) < 4.78 is 5.14. The van der Waals surface area contributed by atoms with Crippen LogP contribution in [0, 0.1) is 5.92 Å². The molecule has 2 aliphatic rings. The second kappa shape index (κ2) is 7.02. The molecule has 0 radical (unpaired) electrons. The van der Waals surface area contributed by atoms with Crippen LogP contribution in [0.3, 0.4) is 0 Å². The van der Waals surface area contributed by atoms with E-state index in [0.29, 0.717) is 12.0 Å². The topological polar surface area (TPSA) is 66.8 Å². The van der Waals surface area contributed by atoms with Crippen LogP contribution in [-0.4, -0.2) is 41.1 Å². The predicted octanol–water partition coefficient (Wildman–Crippen LogP) is 2.73. The lowest BCUT2D eigenvalue weighted by molar-refractivity contribution is -0.140. The highest BCUT2D eigenvalue weighted by molar-refractivity contribution is 5.91. The Morgan fingerprint density at radius 3 is 2.78 bits per heavy atom. The lowest BCUT2D eigenvalue weighted by Gasteiger charge is -2.44. The molecule has 0 bridgehead atoms. The molecule has 1 saturated carbocycles. The van der Waals surface area contributed by atoms with Crippen LogP contribution in [0.4, 0.5) is 0 Å². The van der Waals surface area contributed by atoms with Crippen LogP contribution < -0.4 is 0 Å². The first-order valence-corrected chi connectivity index (χ1v) is 8.41. The predicted molar refractivity (Wildman–Crippen MR) is 85.1 cm³/mol. The fourth-order valence-corrected chi connectivity index (χ4v) is 3.86. The molecule has 1 heterocycles. The number of phenols is 1. The van der Waals surface area contributed by atoms with E-state index >= 15 is 0 Å². The van der Waals surface area contributed by atoms with Crippen molar-refractivity contribution in [3.8, 4) is 5.75 Å². The van der Waals surface area contributed by atoms with Gasteiger partial charge in [-0.15, -0.1) is 0 Å². The van der Waals surface area contributed by atoms with Crippen molar-refractivity contribution >= 4 is 11.9 Å². The zero-order valence-corrected chi connectivity index (χ0v) is 13.2. The van der Waals surface area contributed by atoms with Crippen LogP contribution >= 0.6 is 0 Å². The van der Waals surface area contributed by atoms with Crippen LogP contribution in [-0.2, 0) is 9.53 Å². The van der Waals surface area contributed by atoms with E-state index in [1.54, 1.807) is 12.1 Å². The number of hydrogen-bond acceptors (Lipinski definition) is 4. The van der Waals surface area contributed by atoms with Crippen LogP contribution in [0.2, 0.25) is 0 Å². The summed E-state index contributed by atoms with van der Waals surface area (Å²) in [7, 11) is 0. The normalized spacial score (nSPS) is 23.9. The maximum absolute atomic E-state index is 12.5. The van der Waals surface area contributed by atoms with Gasteiger partial charge < -0.3 is 14.7 Å². The van der Waals surface area contributed by atoms with Crippen molar-refractivity contribution in [3.63, 3.8) is 0 Å². The van der Waals surface area contributed by atoms with Crippen LogP contribution in [0.5, 0.6) is 5.75 Å². The largest absolute Gasteiger partial charge is 0.508 e. The van der Waals surface area contributed by atoms with E-state index in [1.165, 1.54) is 37.8 Å². The molecular weight excluding hydrogens is 294 g/mol. The van der Waals surface area contributed by atoms with E-state index in [0.717, 1.165) is 19.4 Å². The molecule has 0 aromatic heterocycles. The summed E-state index contributed by atoms with van der Waals surface area (Å²) in [6.07, 6.45) is 6.95. The summed E-state index contributed by atoms with van der Waals surface area (Å²) in [4.78, 5) is 26.3. The van der Waals surface area contributed by atoms with Gasteiger partial charge in [-0.2, -0.15) is 0 Å². The first-order valence-electron chi connectivity index (χ1n) is 8.41. The quantitative estimate of drug-likeness (QED) is 0.871. The zero-order valence-electron chi connectivity index (χ0n) is 13.2. The van der Waals surface area contributed by atoms with Gasteiger partial charge in [-0.05, 0) is 49.8 Å². The van der Waals surface area contributed by atoms with Gasteiger partial charge >= 0.3 is 5.97 Å². The number of carbonyl (C=O) groups excluding carboxylic acids is 2. The summed E-state index contributed by atoms with van der Waals surface area (Å²) in [5.74, 6) is -0.0587. The van der Waals surface area contributed by atoms with E-state index in [9.17, 15) is 14.7 Å². The molecule has 0 unspecified atom stereocenters. The van der Waals surface area contributed by atoms with Gasteiger partial charge in [-0.3, -0.25) is 4.79 Å². The van der Waals surface area contributed by atoms with Crippen molar-refractivity contribution in [2.45, 2.75) is 44.6 Å². The Morgan fingerprint density at radius 1 is 1.17 bits per heavy atom. The Morgan fingerprint density at radius 2 is 1.96 bits per heavy atom. The van der Waals surface area contributed by atoms with E-state index in [4.69, 9.17) is 4.74 Å². The molecular formula is C18H23NO4. The maximum Gasteiger partial charge on any atom is 0.338 e. The number of rotatable bonds is 3. The minimum atomic E-state index is -0.577. The molecule has 1 aromatic rings. The van der Waals surface area contributed by atoms with Gasteiger partial charge in [0.2, 0.25) is 0 Å². The minimum absolute atomic E-state index is 0.00635. The molecule has 23 heavy (non-hydrogen) atoms. The number of hydrogen-bond donors (Lipinski definition) is 1. The third-order valence-electron chi connectivity index (χ3n) is 4.97. The molecule has 2 fully saturated rings. The second-order valence-corrected chi connectivity index (χ2v) is 6.47. The van der Waals surface area contributed by atoms with Gasteiger partial charge in [0.15, 0.2) is 6.61 Å². The van der Waals surface area contributed by atoms with Gasteiger partial charge in [0, 0.05) is 12.6 Å². The number of fused-ring (bicyclic) bond motifs is 1. The highest BCUT2D eigenvalue weighted by atomic mass is 16.5. The Balaban J connectivity index is 1.57. The third-order valence-corrected chi connectivity index (χ3v) is 4.97. The molecule has 124 valence electrons. The van der Waals surface area contributed by atoms with E-state index < -0.39 is 5.97 Å². The minimum Gasteiger partial charge on any atom is -0.508 e. The van der Waals surface area contributed by atoms with E-state index in [2.05, 4.69) is 0 Å². The van der Waals surface area contributed by atoms with Crippen molar-refractivity contribution in [1.29, 1.82) is 0 Å². The molecule has 1 aromatic carbocycles. The molecule has 2 atom stereocenters. The highest BCUT2D eigenvalue weighted by Crippen LogP contribution is 2.35. The number of likely N-dealkylation sites (tertiary alicyclic amines) is 1. The maximum atomic E-state index is 12.5. The molecule has 1 aliphatic carbocycles. The molecule has 1 N–H and O–H groups in total. The number of phenolic OH excluding ortho intramolecular Hbond substituents is 1. The first-order chi connectivity index (χ1) is 11.1. The second-order valence-electron chi connectivity index (χ2n) is 6.47. The standard InChI is InChI=1S/C18H23NO4/c20-15-8-3-6-14(11-15)18(22)23-12-17(21)19-10-4-7-13-5-1-2-9-16(13)19/h3,6,8,11,13,16,20H,1-2,4-5,7,9-10,12H2/t13-,16-/m1/s1. The Hall–Kier alpha value is -2.04. The van der Waals surface area contributed by atoms with Gasteiger partial charge in [0.25, 0.3) is 5.91 Å². The SMILES string of the molecule is O=C(OCC(=O)N1CCC[C@H]2CCCC[C@H]21)c1cccc(O)c1. The number of esters is 1. The van der Waals surface area contributed by atoms with Gasteiger partial charge in [0.05, 0.1) is 5.56 Å². The summed E-state index contributed by atoms with van der Waals surface area (Å²) >= 11 is 0. The number of nitrogens with zero attached hydrogens (tertiary/aromatic N) is 1.